The summed E-state index contributed by atoms with van der Waals surface area (Å²) in [7, 11) is 0. The van der Waals surface area contributed by atoms with Gasteiger partial charge in [-0.1, -0.05) is 53.7 Å². The molecule has 0 aliphatic heterocycles. The van der Waals surface area contributed by atoms with Crippen LogP contribution in [-0.4, -0.2) is 15.1 Å². The quantitative estimate of drug-likeness (QED) is 0.895. The van der Waals surface area contributed by atoms with Gasteiger partial charge in [-0.05, 0) is 33.6 Å². The second kappa shape index (κ2) is 5.71. The van der Waals surface area contributed by atoms with Crippen LogP contribution in [0.4, 0.5) is 0 Å². The zero-order valence-electron chi connectivity index (χ0n) is 14.4. The largest absolute Gasteiger partial charge is 0.507 e. The van der Waals surface area contributed by atoms with Crippen molar-refractivity contribution in [3.8, 4) is 5.75 Å². The third-order valence-corrected chi connectivity index (χ3v) is 3.77. The van der Waals surface area contributed by atoms with Crippen LogP contribution in [0.1, 0.15) is 64.1 Å². The van der Waals surface area contributed by atoms with Crippen LogP contribution in [-0.2, 0) is 17.3 Å². The Morgan fingerprint density at radius 2 is 1.32 bits per heavy atom. The topological polar surface area (TPSA) is 46.0 Å². The van der Waals surface area contributed by atoms with E-state index >= 15 is 0 Å². The molecular formula is C19H26N2O. The molecule has 1 heterocycles. The highest BCUT2D eigenvalue weighted by Gasteiger charge is 2.26. The number of rotatable bonds is 2. The van der Waals surface area contributed by atoms with E-state index in [0.717, 1.165) is 22.5 Å². The van der Waals surface area contributed by atoms with Crippen molar-refractivity contribution in [1.29, 1.82) is 0 Å². The third-order valence-electron chi connectivity index (χ3n) is 3.77. The number of hydrogen-bond acceptors (Lipinski definition) is 3. The average molecular weight is 298 g/mol. The molecule has 2 rings (SSSR count). The van der Waals surface area contributed by atoms with Gasteiger partial charge >= 0.3 is 0 Å². The standard InChI is InChI=1S/C19H26N2O/c1-18(2,3)14-10-13(12-16-20-8-7-9-21-16)11-15(17(14)22)19(4,5)6/h7-11,22H,12H2,1-6H3. The molecule has 0 bridgehead atoms. The Morgan fingerprint density at radius 1 is 0.864 bits per heavy atom. The summed E-state index contributed by atoms with van der Waals surface area (Å²) in [5.41, 5.74) is 2.87. The molecule has 2 aromatic rings. The van der Waals surface area contributed by atoms with E-state index in [0.29, 0.717) is 12.2 Å². The third kappa shape index (κ3) is 3.65. The van der Waals surface area contributed by atoms with Crippen molar-refractivity contribution >= 4 is 0 Å². The van der Waals surface area contributed by atoms with Gasteiger partial charge in [0.1, 0.15) is 11.6 Å². The summed E-state index contributed by atoms with van der Waals surface area (Å²) < 4.78 is 0. The summed E-state index contributed by atoms with van der Waals surface area (Å²) in [6, 6.07) is 5.99. The minimum absolute atomic E-state index is 0.113. The molecule has 1 N–H and O–H groups in total. The predicted octanol–water partition coefficient (Wildman–Crippen LogP) is 4.37. The molecule has 1 aromatic heterocycles. The summed E-state index contributed by atoms with van der Waals surface area (Å²) >= 11 is 0. The number of phenolic OH excluding ortho intramolecular Hbond substituents is 1. The number of phenols is 1. The molecule has 0 radical (unpaired) electrons. The molecule has 0 saturated carbocycles. The molecule has 0 aliphatic rings. The molecule has 3 nitrogen and oxygen atoms in total. The Balaban J connectivity index is 2.56. The zero-order valence-corrected chi connectivity index (χ0v) is 14.4. The van der Waals surface area contributed by atoms with Crippen molar-refractivity contribution in [2.45, 2.75) is 58.8 Å². The molecule has 0 aliphatic carbocycles. The van der Waals surface area contributed by atoms with Crippen LogP contribution in [0.25, 0.3) is 0 Å². The van der Waals surface area contributed by atoms with Crippen LogP contribution in [0.5, 0.6) is 5.75 Å². The van der Waals surface area contributed by atoms with Gasteiger partial charge in [-0.25, -0.2) is 9.97 Å². The summed E-state index contributed by atoms with van der Waals surface area (Å²) in [4.78, 5) is 8.61. The van der Waals surface area contributed by atoms with E-state index in [1.165, 1.54) is 0 Å². The van der Waals surface area contributed by atoms with Crippen LogP contribution >= 0.6 is 0 Å². The van der Waals surface area contributed by atoms with Gasteiger partial charge in [0.2, 0.25) is 0 Å². The van der Waals surface area contributed by atoms with Crippen molar-refractivity contribution in [3.05, 3.63) is 53.1 Å². The number of hydrogen-bond donors (Lipinski definition) is 1. The molecule has 0 fully saturated rings. The van der Waals surface area contributed by atoms with Crippen LogP contribution in [0, 0.1) is 0 Å². The highest BCUT2D eigenvalue weighted by molar-refractivity contribution is 5.50. The number of aromatic nitrogens is 2. The lowest BCUT2D eigenvalue weighted by atomic mass is 9.78. The summed E-state index contributed by atoms with van der Waals surface area (Å²) in [5, 5.41) is 10.7. The van der Waals surface area contributed by atoms with Crippen molar-refractivity contribution in [1.82, 2.24) is 9.97 Å². The Hall–Kier alpha value is -1.90. The first-order chi connectivity index (χ1) is 10.1. The van der Waals surface area contributed by atoms with Gasteiger partial charge < -0.3 is 5.11 Å². The summed E-state index contributed by atoms with van der Waals surface area (Å²) in [6.45, 7) is 12.7. The first-order valence-corrected chi connectivity index (χ1v) is 7.72. The highest BCUT2D eigenvalue weighted by atomic mass is 16.3. The van der Waals surface area contributed by atoms with Gasteiger partial charge in [-0.15, -0.1) is 0 Å². The molecule has 0 unspecified atom stereocenters. The average Bonchev–Trinajstić information content (AvgIpc) is 2.39. The minimum Gasteiger partial charge on any atom is -0.507 e. The van der Waals surface area contributed by atoms with E-state index in [-0.39, 0.29) is 10.8 Å². The van der Waals surface area contributed by atoms with Gasteiger partial charge in [0, 0.05) is 18.8 Å². The van der Waals surface area contributed by atoms with E-state index in [1.807, 2.05) is 6.07 Å². The monoisotopic (exact) mass is 298 g/mol. The maximum atomic E-state index is 10.7. The Bertz CT molecular complexity index is 614. The molecule has 1 aromatic carbocycles. The van der Waals surface area contributed by atoms with Gasteiger partial charge in [-0.3, -0.25) is 0 Å². The van der Waals surface area contributed by atoms with Crippen LogP contribution in [0.2, 0.25) is 0 Å². The van der Waals surface area contributed by atoms with Crippen molar-refractivity contribution in [2.24, 2.45) is 0 Å². The second-order valence-corrected chi connectivity index (χ2v) is 7.88. The molecule has 118 valence electrons. The lowest BCUT2D eigenvalue weighted by Gasteiger charge is -2.28. The summed E-state index contributed by atoms with van der Waals surface area (Å²) in [6.07, 6.45) is 4.20. The lowest BCUT2D eigenvalue weighted by Crippen LogP contribution is -2.18. The van der Waals surface area contributed by atoms with Gasteiger partial charge in [-0.2, -0.15) is 0 Å². The second-order valence-electron chi connectivity index (χ2n) is 7.88. The van der Waals surface area contributed by atoms with Crippen LogP contribution in [0.15, 0.2) is 30.6 Å². The lowest BCUT2D eigenvalue weighted by molar-refractivity contribution is 0.422. The van der Waals surface area contributed by atoms with E-state index in [1.54, 1.807) is 12.4 Å². The van der Waals surface area contributed by atoms with Gasteiger partial charge in [0.05, 0.1) is 0 Å². The van der Waals surface area contributed by atoms with Crippen LogP contribution < -0.4 is 0 Å². The molecular weight excluding hydrogens is 272 g/mol. The molecule has 0 spiro atoms. The number of benzene rings is 1. The molecule has 22 heavy (non-hydrogen) atoms. The Kier molecular flexibility index (Phi) is 4.28. The smallest absolute Gasteiger partial charge is 0.132 e. The fraction of sp³-hybridized carbons (Fsp3) is 0.474. The van der Waals surface area contributed by atoms with Gasteiger partial charge in [0.25, 0.3) is 0 Å². The molecule has 0 saturated heterocycles. The molecule has 3 heteroatoms. The van der Waals surface area contributed by atoms with E-state index in [9.17, 15) is 5.11 Å². The maximum Gasteiger partial charge on any atom is 0.132 e. The van der Waals surface area contributed by atoms with Crippen molar-refractivity contribution in [2.75, 3.05) is 0 Å². The normalized spacial score (nSPS) is 12.5. The highest BCUT2D eigenvalue weighted by Crippen LogP contribution is 2.39. The minimum atomic E-state index is -0.113. The SMILES string of the molecule is CC(C)(C)c1cc(Cc2ncccn2)cc(C(C)(C)C)c1O. The van der Waals surface area contributed by atoms with Crippen molar-refractivity contribution < 1.29 is 5.11 Å². The van der Waals surface area contributed by atoms with E-state index < -0.39 is 0 Å². The van der Waals surface area contributed by atoms with E-state index in [4.69, 9.17) is 0 Å². The zero-order chi connectivity index (χ0) is 16.5. The van der Waals surface area contributed by atoms with E-state index in [2.05, 4.69) is 63.6 Å². The van der Waals surface area contributed by atoms with Crippen molar-refractivity contribution in [3.63, 3.8) is 0 Å². The number of nitrogens with zero attached hydrogens (tertiary/aromatic N) is 2. The fourth-order valence-corrected chi connectivity index (χ4v) is 2.54. The maximum absolute atomic E-state index is 10.7. The first-order valence-electron chi connectivity index (χ1n) is 7.72. The molecule has 0 amide bonds. The first kappa shape index (κ1) is 16.5. The molecule has 0 atom stereocenters. The fourth-order valence-electron chi connectivity index (χ4n) is 2.54. The predicted molar refractivity (Wildman–Crippen MR) is 90.3 cm³/mol. The Morgan fingerprint density at radius 3 is 1.73 bits per heavy atom. The Labute approximate surface area is 133 Å². The summed E-state index contributed by atoms with van der Waals surface area (Å²) in [5.74, 6) is 1.21. The van der Waals surface area contributed by atoms with Crippen LogP contribution in [0.3, 0.4) is 0 Å². The number of aromatic hydroxyl groups is 1. The van der Waals surface area contributed by atoms with Gasteiger partial charge in [0.15, 0.2) is 0 Å².